The number of carbonyl (C=O) groups excluding carboxylic acids is 2. The minimum absolute atomic E-state index is 0.0198. The molecule has 0 fully saturated rings. The first-order chi connectivity index (χ1) is 11.4. The lowest BCUT2D eigenvalue weighted by molar-refractivity contribution is -0.124. The predicted molar refractivity (Wildman–Crippen MR) is 98.1 cm³/mol. The third kappa shape index (κ3) is 5.96. The molecule has 0 aliphatic rings. The van der Waals surface area contributed by atoms with Gasteiger partial charge in [-0.3, -0.25) is 9.59 Å². The highest BCUT2D eigenvalue weighted by Gasteiger charge is 2.24. The van der Waals surface area contributed by atoms with Crippen LogP contribution in [0.1, 0.15) is 43.6 Å². The van der Waals surface area contributed by atoms with Crippen LogP contribution in [-0.4, -0.2) is 48.9 Å². The van der Waals surface area contributed by atoms with Crippen LogP contribution in [0.25, 0.3) is 0 Å². The number of hydrogen-bond acceptors (Lipinski definition) is 3. The van der Waals surface area contributed by atoms with E-state index in [1.165, 1.54) is 0 Å². The maximum atomic E-state index is 12.5. The molecule has 0 aliphatic carbocycles. The number of nitrogens with zero attached hydrogens (tertiary/aromatic N) is 1. The maximum absolute atomic E-state index is 12.5. The number of amides is 2. The Balaban J connectivity index is 2.65. The van der Waals surface area contributed by atoms with E-state index in [2.05, 4.69) is 29.4 Å². The Morgan fingerprint density at radius 1 is 1.12 bits per heavy atom. The molecule has 1 aromatic rings. The molecule has 0 spiro atoms. The monoisotopic (exact) mass is 333 g/mol. The van der Waals surface area contributed by atoms with E-state index >= 15 is 0 Å². The lowest BCUT2D eigenvalue weighted by Crippen LogP contribution is -2.51. The lowest BCUT2D eigenvalue weighted by atomic mass is 10.0. The van der Waals surface area contributed by atoms with Gasteiger partial charge in [-0.05, 0) is 37.6 Å². The third-order valence-corrected chi connectivity index (χ3v) is 4.25. The molecule has 1 aromatic carbocycles. The lowest BCUT2D eigenvalue weighted by Gasteiger charge is -2.23. The summed E-state index contributed by atoms with van der Waals surface area (Å²) < 4.78 is 0. The van der Waals surface area contributed by atoms with Gasteiger partial charge in [-0.25, -0.2) is 0 Å². The Hall–Kier alpha value is -1.88. The molecule has 2 amide bonds. The standard InChI is InChI=1S/C19H31N3O2/c1-6-22(7-2)13-12-20-19(24)17(14(3)4)21-18(23)16-11-9-8-10-15(16)5/h8-11,14,17H,6-7,12-13H2,1-5H3,(H,20,24)(H,21,23). The topological polar surface area (TPSA) is 61.4 Å². The van der Waals surface area contributed by atoms with Gasteiger partial charge in [0.2, 0.25) is 5.91 Å². The van der Waals surface area contributed by atoms with Crippen molar-refractivity contribution >= 4 is 11.8 Å². The molecule has 0 saturated carbocycles. The first-order valence-electron chi connectivity index (χ1n) is 8.77. The molecule has 0 heterocycles. The van der Waals surface area contributed by atoms with Crippen LogP contribution in [0.5, 0.6) is 0 Å². The summed E-state index contributed by atoms with van der Waals surface area (Å²) in [6.45, 7) is 13.3. The average molecular weight is 333 g/mol. The Kier molecular flexibility index (Phi) is 8.47. The quantitative estimate of drug-likeness (QED) is 0.728. The van der Waals surface area contributed by atoms with Crippen LogP contribution in [0.2, 0.25) is 0 Å². The molecule has 1 unspecified atom stereocenters. The van der Waals surface area contributed by atoms with Gasteiger partial charge >= 0.3 is 0 Å². The zero-order valence-electron chi connectivity index (χ0n) is 15.6. The number of rotatable bonds is 9. The molecule has 1 rings (SSSR count). The van der Waals surface area contributed by atoms with E-state index in [1.807, 2.05) is 39.0 Å². The highest BCUT2D eigenvalue weighted by atomic mass is 16.2. The minimum Gasteiger partial charge on any atom is -0.353 e. The number of likely N-dealkylation sites (N-methyl/N-ethyl adjacent to an activating group) is 1. The van der Waals surface area contributed by atoms with E-state index in [-0.39, 0.29) is 17.7 Å². The summed E-state index contributed by atoms with van der Waals surface area (Å²) in [7, 11) is 0. The van der Waals surface area contributed by atoms with Crippen molar-refractivity contribution in [1.82, 2.24) is 15.5 Å². The van der Waals surface area contributed by atoms with Crippen molar-refractivity contribution in [3.05, 3.63) is 35.4 Å². The summed E-state index contributed by atoms with van der Waals surface area (Å²) in [5, 5.41) is 5.81. The van der Waals surface area contributed by atoms with Gasteiger partial charge in [-0.15, -0.1) is 0 Å². The zero-order chi connectivity index (χ0) is 18.1. The molecule has 0 aromatic heterocycles. The first-order valence-corrected chi connectivity index (χ1v) is 8.77. The molecule has 0 bridgehead atoms. The fourth-order valence-corrected chi connectivity index (χ4v) is 2.57. The highest BCUT2D eigenvalue weighted by Crippen LogP contribution is 2.09. The summed E-state index contributed by atoms with van der Waals surface area (Å²) in [5.74, 6) is -0.309. The van der Waals surface area contributed by atoms with E-state index in [4.69, 9.17) is 0 Å². The SMILES string of the molecule is CCN(CC)CCNC(=O)C(NC(=O)c1ccccc1C)C(C)C. The van der Waals surface area contributed by atoms with Crippen molar-refractivity contribution in [2.24, 2.45) is 5.92 Å². The summed E-state index contributed by atoms with van der Waals surface area (Å²) in [6.07, 6.45) is 0. The molecule has 24 heavy (non-hydrogen) atoms. The van der Waals surface area contributed by atoms with Gasteiger partial charge < -0.3 is 15.5 Å². The van der Waals surface area contributed by atoms with Crippen molar-refractivity contribution in [2.75, 3.05) is 26.2 Å². The largest absolute Gasteiger partial charge is 0.353 e. The third-order valence-electron chi connectivity index (χ3n) is 4.25. The number of hydrogen-bond donors (Lipinski definition) is 2. The maximum Gasteiger partial charge on any atom is 0.252 e. The molecule has 134 valence electrons. The molecule has 0 radical (unpaired) electrons. The predicted octanol–water partition coefficient (Wildman–Crippen LogP) is 2.21. The second-order valence-electron chi connectivity index (χ2n) is 6.33. The van der Waals surface area contributed by atoms with E-state index in [9.17, 15) is 9.59 Å². The van der Waals surface area contributed by atoms with Crippen LogP contribution in [-0.2, 0) is 4.79 Å². The van der Waals surface area contributed by atoms with Crippen molar-refractivity contribution in [3.63, 3.8) is 0 Å². The normalized spacial score (nSPS) is 12.3. The van der Waals surface area contributed by atoms with Gasteiger partial charge in [0, 0.05) is 18.7 Å². The van der Waals surface area contributed by atoms with Crippen LogP contribution in [0.4, 0.5) is 0 Å². The fraction of sp³-hybridized carbons (Fsp3) is 0.579. The Labute approximate surface area is 145 Å². The van der Waals surface area contributed by atoms with Crippen molar-refractivity contribution in [2.45, 2.75) is 40.7 Å². The second kappa shape index (κ2) is 10.1. The second-order valence-corrected chi connectivity index (χ2v) is 6.33. The molecular weight excluding hydrogens is 302 g/mol. The molecule has 0 aliphatic heterocycles. The number of aryl methyl sites for hydroxylation is 1. The Morgan fingerprint density at radius 2 is 1.75 bits per heavy atom. The molecular formula is C19H31N3O2. The first kappa shape index (κ1) is 20.2. The number of nitrogens with one attached hydrogen (secondary N) is 2. The Morgan fingerprint density at radius 3 is 2.29 bits per heavy atom. The summed E-state index contributed by atoms with van der Waals surface area (Å²) >= 11 is 0. The van der Waals surface area contributed by atoms with Crippen molar-refractivity contribution in [3.8, 4) is 0 Å². The smallest absolute Gasteiger partial charge is 0.252 e. The van der Waals surface area contributed by atoms with Gasteiger partial charge in [0.1, 0.15) is 6.04 Å². The fourth-order valence-electron chi connectivity index (χ4n) is 2.57. The van der Waals surface area contributed by atoms with Gasteiger partial charge in [-0.2, -0.15) is 0 Å². The van der Waals surface area contributed by atoms with Gasteiger partial charge in [0.15, 0.2) is 0 Å². The van der Waals surface area contributed by atoms with E-state index in [1.54, 1.807) is 6.07 Å². The summed E-state index contributed by atoms with van der Waals surface area (Å²) in [6, 6.07) is 6.86. The summed E-state index contributed by atoms with van der Waals surface area (Å²) in [4.78, 5) is 27.2. The molecule has 0 saturated heterocycles. The summed E-state index contributed by atoms with van der Waals surface area (Å²) in [5.41, 5.74) is 1.51. The Bertz CT molecular complexity index is 539. The van der Waals surface area contributed by atoms with Gasteiger partial charge in [0.25, 0.3) is 5.91 Å². The number of carbonyl (C=O) groups is 2. The van der Waals surface area contributed by atoms with E-state index < -0.39 is 6.04 Å². The molecule has 5 nitrogen and oxygen atoms in total. The van der Waals surface area contributed by atoms with Crippen molar-refractivity contribution in [1.29, 1.82) is 0 Å². The highest BCUT2D eigenvalue weighted by molar-refractivity contribution is 5.98. The minimum atomic E-state index is -0.534. The molecule has 5 heteroatoms. The van der Waals surface area contributed by atoms with Crippen molar-refractivity contribution < 1.29 is 9.59 Å². The van der Waals surface area contributed by atoms with Crippen LogP contribution in [0.3, 0.4) is 0 Å². The number of benzene rings is 1. The van der Waals surface area contributed by atoms with Crippen LogP contribution in [0.15, 0.2) is 24.3 Å². The van der Waals surface area contributed by atoms with Gasteiger partial charge in [-0.1, -0.05) is 45.9 Å². The van der Waals surface area contributed by atoms with E-state index in [0.717, 1.165) is 25.2 Å². The van der Waals surface area contributed by atoms with Crippen LogP contribution in [0, 0.1) is 12.8 Å². The van der Waals surface area contributed by atoms with E-state index in [0.29, 0.717) is 12.1 Å². The van der Waals surface area contributed by atoms with Gasteiger partial charge in [0.05, 0.1) is 0 Å². The zero-order valence-corrected chi connectivity index (χ0v) is 15.6. The average Bonchev–Trinajstić information content (AvgIpc) is 2.56. The molecule has 1 atom stereocenters. The van der Waals surface area contributed by atoms with Crippen LogP contribution < -0.4 is 10.6 Å². The van der Waals surface area contributed by atoms with Crippen LogP contribution >= 0.6 is 0 Å². The molecule has 2 N–H and O–H groups in total.